The van der Waals surface area contributed by atoms with Crippen molar-refractivity contribution in [1.29, 1.82) is 0 Å². The van der Waals surface area contributed by atoms with Crippen molar-refractivity contribution in [2.75, 3.05) is 0 Å². The smallest absolute Gasteiger partial charge is 0.312 e. The van der Waals surface area contributed by atoms with Gasteiger partial charge in [-0.2, -0.15) is 0 Å². The summed E-state index contributed by atoms with van der Waals surface area (Å²) in [7, 11) is 0. The van der Waals surface area contributed by atoms with Gasteiger partial charge in [0.25, 0.3) is 0 Å². The molecule has 5 heteroatoms. The molecule has 0 aliphatic heterocycles. The molecule has 0 spiro atoms. The summed E-state index contributed by atoms with van der Waals surface area (Å²) < 4.78 is 1.56. The van der Waals surface area contributed by atoms with Gasteiger partial charge in [-0.15, -0.1) is 0 Å². The van der Waals surface area contributed by atoms with E-state index in [2.05, 4.69) is 36.8 Å². The van der Waals surface area contributed by atoms with Crippen LogP contribution in [0.1, 0.15) is 31.9 Å². The third-order valence-electron chi connectivity index (χ3n) is 2.17. The van der Waals surface area contributed by atoms with Crippen molar-refractivity contribution in [1.82, 2.24) is 4.98 Å². The Labute approximate surface area is 112 Å². The third kappa shape index (κ3) is 3.56. The summed E-state index contributed by atoms with van der Waals surface area (Å²) in [6.45, 7) is 4.01. The van der Waals surface area contributed by atoms with Crippen LogP contribution >= 0.6 is 31.9 Å². The van der Waals surface area contributed by atoms with Crippen molar-refractivity contribution < 1.29 is 9.90 Å². The van der Waals surface area contributed by atoms with Crippen molar-refractivity contribution in [3.63, 3.8) is 0 Å². The number of rotatable bonds is 4. The lowest BCUT2D eigenvalue weighted by atomic mass is 9.94. The number of aromatic nitrogens is 1. The maximum Gasteiger partial charge on any atom is 0.312 e. The molecular formula is C11H13Br2NO2. The Hall–Kier alpha value is -0.420. The second-order valence-electron chi connectivity index (χ2n) is 4.04. The van der Waals surface area contributed by atoms with Crippen LogP contribution in [0.4, 0.5) is 0 Å². The zero-order valence-corrected chi connectivity index (χ0v) is 12.2. The lowest BCUT2D eigenvalue weighted by Gasteiger charge is -2.15. The molecule has 1 unspecified atom stereocenters. The van der Waals surface area contributed by atoms with Gasteiger partial charge in [0.1, 0.15) is 5.92 Å². The normalized spacial score (nSPS) is 12.8. The first-order chi connectivity index (χ1) is 7.41. The number of hydrogen-bond acceptors (Lipinski definition) is 2. The minimum Gasteiger partial charge on any atom is -0.481 e. The largest absolute Gasteiger partial charge is 0.481 e. The van der Waals surface area contributed by atoms with Gasteiger partial charge in [-0.3, -0.25) is 9.78 Å². The van der Waals surface area contributed by atoms with Crippen molar-refractivity contribution >= 4 is 37.8 Å². The highest BCUT2D eigenvalue weighted by Crippen LogP contribution is 2.30. The molecule has 1 atom stereocenters. The average molecular weight is 351 g/mol. The van der Waals surface area contributed by atoms with Crippen LogP contribution < -0.4 is 0 Å². The number of nitrogens with zero attached hydrogens (tertiary/aromatic N) is 1. The van der Waals surface area contributed by atoms with E-state index >= 15 is 0 Å². The highest BCUT2D eigenvalue weighted by atomic mass is 79.9. The summed E-state index contributed by atoms with van der Waals surface area (Å²) in [6.07, 6.45) is 2.21. The fourth-order valence-corrected chi connectivity index (χ4v) is 2.75. The molecule has 3 nitrogen and oxygen atoms in total. The fraction of sp³-hybridized carbons (Fsp3) is 0.455. The summed E-state index contributed by atoms with van der Waals surface area (Å²) >= 11 is 6.64. The van der Waals surface area contributed by atoms with Crippen LogP contribution in [0.25, 0.3) is 0 Å². The predicted octanol–water partition coefficient (Wildman–Crippen LogP) is 3.82. The number of halogens is 2. The molecule has 0 saturated heterocycles. The molecule has 1 rings (SSSR count). The van der Waals surface area contributed by atoms with Crippen LogP contribution in [0.5, 0.6) is 0 Å². The number of carboxylic acids is 1. The van der Waals surface area contributed by atoms with Crippen molar-refractivity contribution in [3.8, 4) is 0 Å². The van der Waals surface area contributed by atoms with Crippen LogP contribution in [0.15, 0.2) is 21.2 Å². The van der Waals surface area contributed by atoms with Crippen molar-refractivity contribution in [3.05, 3.63) is 26.9 Å². The summed E-state index contributed by atoms with van der Waals surface area (Å²) in [5.41, 5.74) is 0.587. The summed E-state index contributed by atoms with van der Waals surface area (Å²) in [6, 6.07) is 1.82. The van der Waals surface area contributed by atoms with Crippen LogP contribution in [0.3, 0.4) is 0 Å². The molecule has 0 radical (unpaired) electrons. The number of carbonyl (C=O) groups is 1. The van der Waals surface area contributed by atoms with Gasteiger partial charge in [-0.25, -0.2) is 0 Å². The Morgan fingerprint density at radius 1 is 1.50 bits per heavy atom. The molecule has 1 N–H and O–H groups in total. The van der Waals surface area contributed by atoms with Crippen molar-refractivity contribution in [2.45, 2.75) is 26.2 Å². The van der Waals surface area contributed by atoms with E-state index in [0.717, 1.165) is 8.95 Å². The SMILES string of the molecule is CC(C)CC(C(=O)O)c1ncc(Br)cc1Br. The Kier molecular flexibility index (Phi) is 4.92. The van der Waals surface area contributed by atoms with Gasteiger partial charge >= 0.3 is 5.97 Å². The van der Waals surface area contributed by atoms with Gasteiger partial charge in [0.2, 0.25) is 0 Å². The highest BCUT2D eigenvalue weighted by Gasteiger charge is 2.24. The molecule has 1 aromatic heterocycles. The molecular weight excluding hydrogens is 338 g/mol. The molecule has 0 bridgehead atoms. The topological polar surface area (TPSA) is 50.2 Å². The first-order valence-electron chi connectivity index (χ1n) is 4.95. The van der Waals surface area contributed by atoms with E-state index in [-0.39, 0.29) is 0 Å². The molecule has 0 saturated carbocycles. The van der Waals surface area contributed by atoms with E-state index < -0.39 is 11.9 Å². The average Bonchev–Trinajstić information content (AvgIpc) is 2.14. The van der Waals surface area contributed by atoms with Gasteiger partial charge in [0.05, 0.1) is 5.69 Å². The molecule has 0 fully saturated rings. The number of aliphatic carboxylic acids is 1. The van der Waals surface area contributed by atoms with Gasteiger partial charge in [0, 0.05) is 15.1 Å². The van der Waals surface area contributed by atoms with Crippen molar-refractivity contribution in [2.24, 2.45) is 5.92 Å². The number of carboxylic acid groups (broad SMARTS) is 1. The Morgan fingerprint density at radius 2 is 2.12 bits per heavy atom. The minimum atomic E-state index is -0.829. The van der Waals surface area contributed by atoms with Crippen LogP contribution in [0.2, 0.25) is 0 Å². The van der Waals surface area contributed by atoms with Gasteiger partial charge in [-0.05, 0) is 50.3 Å². The molecule has 0 amide bonds. The molecule has 16 heavy (non-hydrogen) atoms. The molecule has 1 heterocycles. The number of pyridine rings is 1. The van der Waals surface area contributed by atoms with E-state index in [4.69, 9.17) is 0 Å². The van der Waals surface area contributed by atoms with Gasteiger partial charge in [-0.1, -0.05) is 13.8 Å². The van der Waals surface area contributed by atoms with Gasteiger partial charge < -0.3 is 5.11 Å². The summed E-state index contributed by atoms with van der Waals surface area (Å²) in [5.74, 6) is -1.06. The highest BCUT2D eigenvalue weighted by molar-refractivity contribution is 9.11. The first kappa shape index (κ1) is 13.6. The summed E-state index contributed by atoms with van der Waals surface area (Å²) in [4.78, 5) is 15.4. The lowest BCUT2D eigenvalue weighted by molar-refractivity contribution is -0.139. The maximum atomic E-state index is 11.2. The fourth-order valence-electron chi connectivity index (χ4n) is 1.48. The zero-order chi connectivity index (χ0) is 12.3. The minimum absolute atomic E-state index is 0.318. The second kappa shape index (κ2) is 5.77. The van der Waals surface area contributed by atoms with E-state index in [0.29, 0.717) is 18.0 Å². The molecule has 88 valence electrons. The Balaban J connectivity index is 3.06. The first-order valence-corrected chi connectivity index (χ1v) is 6.54. The molecule has 0 aromatic carbocycles. The molecule has 0 aliphatic carbocycles. The van der Waals surface area contributed by atoms with E-state index in [1.165, 1.54) is 0 Å². The van der Waals surface area contributed by atoms with E-state index in [1.54, 1.807) is 6.20 Å². The summed E-state index contributed by atoms with van der Waals surface area (Å²) in [5, 5.41) is 9.20. The monoisotopic (exact) mass is 349 g/mol. The van der Waals surface area contributed by atoms with E-state index in [9.17, 15) is 9.90 Å². The van der Waals surface area contributed by atoms with Crippen LogP contribution in [0, 0.1) is 5.92 Å². The predicted molar refractivity (Wildman–Crippen MR) is 69.5 cm³/mol. The maximum absolute atomic E-state index is 11.2. The quantitative estimate of drug-likeness (QED) is 0.897. The standard InChI is InChI=1S/C11H13Br2NO2/c1-6(2)3-8(11(15)16)10-9(13)4-7(12)5-14-10/h4-6,8H,3H2,1-2H3,(H,15,16). The Bertz CT molecular complexity index is 394. The van der Waals surface area contributed by atoms with Gasteiger partial charge in [0.15, 0.2) is 0 Å². The second-order valence-corrected chi connectivity index (χ2v) is 5.81. The van der Waals surface area contributed by atoms with Crippen LogP contribution in [-0.4, -0.2) is 16.1 Å². The third-order valence-corrected chi connectivity index (χ3v) is 3.24. The Morgan fingerprint density at radius 3 is 2.56 bits per heavy atom. The van der Waals surface area contributed by atoms with Crippen LogP contribution in [-0.2, 0) is 4.79 Å². The van der Waals surface area contributed by atoms with E-state index in [1.807, 2.05) is 19.9 Å². The lowest BCUT2D eigenvalue weighted by Crippen LogP contribution is -2.16. The molecule has 1 aromatic rings. The zero-order valence-electron chi connectivity index (χ0n) is 9.08. The number of hydrogen-bond donors (Lipinski definition) is 1. The molecule has 0 aliphatic rings.